The topological polar surface area (TPSA) is 66.2 Å². The third-order valence-corrected chi connectivity index (χ3v) is 1.10. The van der Waals surface area contributed by atoms with Gasteiger partial charge in [-0.15, -0.1) is 11.8 Å². The number of thiocarbonyl (C=S) groups is 1. The summed E-state index contributed by atoms with van der Waals surface area (Å²) in [6, 6.07) is 0. The van der Waals surface area contributed by atoms with Crippen LogP contribution in [0.2, 0.25) is 0 Å². The van der Waals surface area contributed by atoms with Crippen molar-refractivity contribution in [3.8, 4) is 0 Å². The summed E-state index contributed by atoms with van der Waals surface area (Å²) in [4.78, 5) is 8.25. The maximum Gasteiger partial charge on any atom is 1.00 e. The van der Waals surface area contributed by atoms with Crippen molar-refractivity contribution in [3.05, 3.63) is 0 Å². The van der Waals surface area contributed by atoms with Crippen molar-refractivity contribution in [2.24, 2.45) is 5.73 Å². The Balaban J connectivity index is -0.0000000800. The zero-order valence-electron chi connectivity index (χ0n) is 5.29. The molecule has 0 radical (unpaired) electrons. The molecule has 0 aromatic heterocycles. The van der Waals surface area contributed by atoms with Crippen LogP contribution in [0.25, 0.3) is 0 Å². The van der Waals surface area contributed by atoms with Crippen molar-refractivity contribution in [1.82, 2.24) is 0 Å². The standard InChI is InChI=1S/C2H5NS2.CH2O2.K/c1-5-2(3)4;2-1-3;/h1H3,(H2,3,4);1H,(H,2,3);/q;;+1/p-1. The molecule has 0 fully saturated rings. The Morgan fingerprint density at radius 3 is 2.00 bits per heavy atom. The van der Waals surface area contributed by atoms with Crippen molar-refractivity contribution in [3.63, 3.8) is 0 Å². The first kappa shape index (κ1) is 16.7. The SMILES string of the molecule is CSC(N)=S.O=C[O-].[K+]. The van der Waals surface area contributed by atoms with Crippen molar-refractivity contribution in [1.29, 1.82) is 0 Å². The van der Waals surface area contributed by atoms with Gasteiger partial charge in [0.05, 0.1) is 0 Å². The van der Waals surface area contributed by atoms with Gasteiger partial charge in [0.25, 0.3) is 0 Å². The van der Waals surface area contributed by atoms with Gasteiger partial charge in [0.2, 0.25) is 0 Å². The van der Waals surface area contributed by atoms with Crippen LogP contribution in [-0.4, -0.2) is 17.0 Å². The predicted octanol–water partition coefficient (Wildman–Crippen LogP) is -4.04. The fourth-order valence-electron chi connectivity index (χ4n) is 0. The number of carboxylic acid groups (broad SMARTS) is 1. The average molecular weight is 191 g/mol. The number of nitrogens with two attached hydrogens (primary N) is 1. The molecule has 0 bridgehead atoms. The van der Waals surface area contributed by atoms with E-state index in [9.17, 15) is 0 Å². The maximum absolute atomic E-state index is 8.25. The third-order valence-electron chi connectivity index (χ3n) is 0.201. The van der Waals surface area contributed by atoms with Gasteiger partial charge in [-0.1, -0.05) is 12.2 Å². The van der Waals surface area contributed by atoms with E-state index in [-0.39, 0.29) is 51.4 Å². The monoisotopic (exact) mass is 191 g/mol. The van der Waals surface area contributed by atoms with E-state index in [0.717, 1.165) is 0 Å². The molecule has 2 N–H and O–H groups in total. The summed E-state index contributed by atoms with van der Waals surface area (Å²) in [6.07, 6.45) is 1.85. The van der Waals surface area contributed by atoms with E-state index in [1.165, 1.54) is 11.8 Å². The molecule has 0 unspecified atom stereocenters. The summed E-state index contributed by atoms with van der Waals surface area (Å²) in [6.45, 7) is -0.500. The second kappa shape index (κ2) is 16.2. The minimum absolute atomic E-state index is 0. The Morgan fingerprint density at radius 1 is 1.89 bits per heavy atom. The number of carbonyl (C=O) groups is 1. The number of hydrogen-bond donors (Lipinski definition) is 1. The first-order chi connectivity index (χ1) is 3.68. The zero-order valence-corrected chi connectivity index (χ0v) is 10.0. The molecule has 0 aromatic carbocycles. The first-order valence-corrected chi connectivity index (χ1v) is 3.21. The largest absolute Gasteiger partial charge is 1.00 e. The van der Waals surface area contributed by atoms with Crippen LogP contribution in [0.4, 0.5) is 0 Å². The summed E-state index contributed by atoms with van der Waals surface area (Å²) >= 11 is 5.83. The smallest absolute Gasteiger partial charge is 0.554 e. The normalized spacial score (nSPS) is 5.44. The van der Waals surface area contributed by atoms with E-state index >= 15 is 0 Å². The quantitative estimate of drug-likeness (QED) is 0.240. The van der Waals surface area contributed by atoms with Gasteiger partial charge in [-0.3, -0.25) is 0 Å². The Bertz CT molecular complexity index is 80.2. The van der Waals surface area contributed by atoms with Gasteiger partial charge < -0.3 is 15.6 Å². The number of carbonyl (C=O) groups excluding carboxylic acids is 1. The van der Waals surface area contributed by atoms with Gasteiger partial charge in [0.15, 0.2) is 0 Å². The van der Waals surface area contributed by atoms with Crippen LogP contribution in [0.15, 0.2) is 0 Å². The molecule has 0 aromatic rings. The fourth-order valence-corrected chi connectivity index (χ4v) is 0. The average Bonchev–Trinajstić information content (AvgIpc) is 1.69. The van der Waals surface area contributed by atoms with Crippen molar-refractivity contribution in [2.75, 3.05) is 6.26 Å². The molecule has 0 atom stereocenters. The minimum atomic E-state index is -0.500. The van der Waals surface area contributed by atoms with Crippen molar-refractivity contribution < 1.29 is 61.3 Å². The Labute approximate surface area is 106 Å². The van der Waals surface area contributed by atoms with E-state index in [1.54, 1.807) is 0 Å². The molecular formula is C3H6KNO2S2. The van der Waals surface area contributed by atoms with E-state index < -0.39 is 6.47 Å². The fraction of sp³-hybridized carbons (Fsp3) is 0.333. The summed E-state index contributed by atoms with van der Waals surface area (Å²) < 4.78 is 0.505. The van der Waals surface area contributed by atoms with Crippen molar-refractivity contribution >= 4 is 34.8 Å². The third kappa shape index (κ3) is 45.0. The zero-order chi connectivity index (χ0) is 6.99. The molecule has 0 aliphatic rings. The van der Waals surface area contributed by atoms with Gasteiger partial charge in [-0.25, -0.2) is 0 Å². The van der Waals surface area contributed by atoms with Gasteiger partial charge >= 0.3 is 51.4 Å². The van der Waals surface area contributed by atoms with E-state index in [1.807, 2.05) is 6.26 Å². The minimum Gasteiger partial charge on any atom is -0.554 e. The molecule has 9 heavy (non-hydrogen) atoms. The van der Waals surface area contributed by atoms with Crippen LogP contribution >= 0.6 is 24.0 Å². The Morgan fingerprint density at radius 2 is 2.00 bits per heavy atom. The molecular weight excluding hydrogens is 185 g/mol. The molecule has 48 valence electrons. The molecule has 0 aliphatic heterocycles. The summed E-state index contributed by atoms with van der Waals surface area (Å²) in [5.74, 6) is 0. The molecule has 0 spiro atoms. The van der Waals surface area contributed by atoms with Crippen LogP contribution in [0.5, 0.6) is 0 Å². The molecule has 0 amide bonds. The molecule has 0 rings (SSSR count). The van der Waals surface area contributed by atoms with E-state index in [0.29, 0.717) is 4.32 Å². The first-order valence-electron chi connectivity index (χ1n) is 1.58. The molecule has 0 saturated heterocycles. The van der Waals surface area contributed by atoms with Crippen molar-refractivity contribution in [2.45, 2.75) is 0 Å². The van der Waals surface area contributed by atoms with Crippen LogP contribution in [0.3, 0.4) is 0 Å². The second-order valence-corrected chi connectivity index (χ2v) is 2.17. The Hall–Kier alpha value is 1.35. The van der Waals surface area contributed by atoms with Gasteiger partial charge in [0, 0.05) is 6.47 Å². The summed E-state index contributed by atoms with van der Waals surface area (Å²) in [5.41, 5.74) is 4.99. The summed E-state index contributed by atoms with van der Waals surface area (Å²) in [5, 5.41) is 8.25. The molecule has 0 aliphatic carbocycles. The van der Waals surface area contributed by atoms with Crippen LogP contribution in [0.1, 0.15) is 0 Å². The van der Waals surface area contributed by atoms with Crippen LogP contribution < -0.4 is 62.2 Å². The second-order valence-electron chi connectivity index (χ2n) is 0.619. The maximum atomic E-state index is 8.25. The molecule has 0 saturated carbocycles. The summed E-state index contributed by atoms with van der Waals surface area (Å²) in [7, 11) is 0. The van der Waals surface area contributed by atoms with Gasteiger partial charge in [0.1, 0.15) is 4.32 Å². The molecule has 3 nitrogen and oxygen atoms in total. The number of thioether (sulfide) groups is 1. The van der Waals surface area contributed by atoms with E-state index in [2.05, 4.69) is 12.2 Å². The van der Waals surface area contributed by atoms with Crippen LogP contribution in [0, 0.1) is 0 Å². The Kier molecular flexibility index (Phi) is 30.1. The molecule has 0 heterocycles. The number of rotatable bonds is 0. The molecule has 6 heteroatoms. The van der Waals surface area contributed by atoms with Crippen LogP contribution in [-0.2, 0) is 4.79 Å². The van der Waals surface area contributed by atoms with Gasteiger partial charge in [-0.05, 0) is 6.26 Å². The predicted molar refractivity (Wildman–Crippen MR) is 36.4 cm³/mol. The van der Waals surface area contributed by atoms with Gasteiger partial charge in [-0.2, -0.15) is 0 Å². The number of hydrogen-bond acceptors (Lipinski definition) is 4. The van der Waals surface area contributed by atoms with E-state index in [4.69, 9.17) is 15.6 Å².